The van der Waals surface area contributed by atoms with Gasteiger partial charge in [-0.25, -0.2) is 0 Å². The van der Waals surface area contributed by atoms with Gasteiger partial charge in [-0.3, -0.25) is 4.79 Å². The molecule has 0 radical (unpaired) electrons. The largest absolute Gasteiger partial charge is 0.356 e. The summed E-state index contributed by atoms with van der Waals surface area (Å²) < 4.78 is 0. The third-order valence-electron chi connectivity index (χ3n) is 4.65. The highest BCUT2D eigenvalue weighted by Gasteiger charge is 2.47. The monoisotopic (exact) mass is 207 g/mol. The second-order valence-corrected chi connectivity index (χ2v) is 5.82. The fourth-order valence-corrected chi connectivity index (χ4v) is 3.53. The van der Waals surface area contributed by atoms with Crippen molar-refractivity contribution in [3.63, 3.8) is 0 Å². The van der Waals surface area contributed by atoms with Gasteiger partial charge in [-0.05, 0) is 49.9 Å². The molecule has 3 rings (SSSR count). The van der Waals surface area contributed by atoms with Gasteiger partial charge in [0.05, 0.1) is 0 Å². The van der Waals surface area contributed by atoms with Gasteiger partial charge in [0.15, 0.2) is 0 Å². The summed E-state index contributed by atoms with van der Waals surface area (Å²) in [6, 6.07) is 0. The molecule has 0 saturated heterocycles. The summed E-state index contributed by atoms with van der Waals surface area (Å²) in [6.45, 7) is 0.949. The third kappa shape index (κ3) is 2.04. The van der Waals surface area contributed by atoms with E-state index in [0.717, 1.165) is 24.3 Å². The van der Waals surface area contributed by atoms with Gasteiger partial charge in [0.1, 0.15) is 0 Å². The van der Waals surface area contributed by atoms with Crippen molar-refractivity contribution in [2.24, 2.45) is 23.7 Å². The Kier molecular flexibility index (Phi) is 2.45. The molecule has 3 aliphatic rings. The van der Waals surface area contributed by atoms with Crippen LogP contribution in [0.1, 0.15) is 44.9 Å². The Bertz CT molecular complexity index is 247. The van der Waals surface area contributed by atoms with Crippen molar-refractivity contribution in [1.82, 2.24) is 5.32 Å². The average Bonchev–Trinajstić information content (AvgIpc) is 2.75. The second kappa shape index (κ2) is 3.80. The van der Waals surface area contributed by atoms with Crippen LogP contribution in [0.3, 0.4) is 0 Å². The minimum atomic E-state index is 0.356. The van der Waals surface area contributed by atoms with Crippen molar-refractivity contribution in [2.45, 2.75) is 44.9 Å². The van der Waals surface area contributed by atoms with E-state index in [0.29, 0.717) is 11.8 Å². The minimum absolute atomic E-state index is 0.356. The molecular formula is C13H21NO. The first-order valence-corrected chi connectivity index (χ1v) is 6.60. The quantitative estimate of drug-likeness (QED) is 0.756. The van der Waals surface area contributed by atoms with Crippen LogP contribution in [0.25, 0.3) is 0 Å². The van der Waals surface area contributed by atoms with Crippen LogP contribution in [0.5, 0.6) is 0 Å². The van der Waals surface area contributed by atoms with Gasteiger partial charge >= 0.3 is 0 Å². The standard InChI is InChI=1S/C13H21NO/c15-13(12-6-10-5-11(10)7-12)14-8-9-3-1-2-4-9/h9-12H,1-8H2,(H,14,15). The molecule has 0 spiro atoms. The molecule has 0 aliphatic heterocycles. The van der Waals surface area contributed by atoms with Crippen LogP contribution in [0.2, 0.25) is 0 Å². The van der Waals surface area contributed by atoms with Crippen molar-refractivity contribution in [3.05, 3.63) is 0 Å². The molecule has 15 heavy (non-hydrogen) atoms. The number of nitrogens with one attached hydrogen (secondary N) is 1. The fourth-order valence-electron chi connectivity index (χ4n) is 3.53. The van der Waals surface area contributed by atoms with E-state index < -0.39 is 0 Å². The predicted octanol–water partition coefficient (Wildman–Crippen LogP) is 2.34. The number of amides is 1. The molecule has 0 bridgehead atoms. The van der Waals surface area contributed by atoms with E-state index in [1.54, 1.807) is 0 Å². The van der Waals surface area contributed by atoms with Gasteiger partial charge in [0.2, 0.25) is 5.91 Å². The fraction of sp³-hybridized carbons (Fsp3) is 0.923. The Morgan fingerprint density at radius 1 is 1.07 bits per heavy atom. The molecule has 2 heteroatoms. The topological polar surface area (TPSA) is 29.1 Å². The molecule has 1 amide bonds. The van der Waals surface area contributed by atoms with Crippen LogP contribution >= 0.6 is 0 Å². The maximum absolute atomic E-state index is 11.9. The van der Waals surface area contributed by atoms with Crippen molar-refractivity contribution in [3.8, 4) is 0 Å². The Morgan fingerprint density at radius 3 is 2.40 bits per heavy atom. The van der Waals surface area contributed by atoms with Gasteiger partial charge in [-0.2, -0.15) is 0 Å². The number of carbonyl (C=O) groups is 1. The van der Waals surface area contributed by atoms with Crippen molar-refractivity contribution in [2.75, 3.05) is 6.54 Å². The number of hydrogen-bond acceptors (Lipinski definition) is 1. The Labute approximate surface area is 91.8 Å². The lowest BCUT2D eigenvalue weighted by molar-refractivity contribution is -0.125. The molecule has 3 fully saturated rings. The SMILES string of the molecule is O=C(NCC1CCCC1)C1CC2CC2C1. The summed E-state index contributed by atoms with van der Waals surface area (Å²) in [5, 5.41) is 3.17. The van der Waals surface area contributed by atoms with Crippen molar-refractivity contribution >= 4 is 5.91 Å². The number of fused-ring (bicyclic) bond motifs is 1. The molecule has 2 atom stereocenters. The van der Waals surface area contributed by atoms with E-state index in [2.05, 4.69) is 5.32 Å². The number of carbonyl (C=O) groups excluding carboxylic acids is 1. The lowest BCUT2D eigenvalue weighted by atomic mass is 10.0. The summed E-state index contributed by atoms with van der Waals surface area (Å²) in [7, 11) is 0. The molecule has 1 N–H and O–H groups in total. The summed E-state index contributed by atoms with van der Waals surface area (Å²) >= 11 is 0. The van der Waals surface area contributed by atoms with Gasteiger partial charge in [-0.1, -0.05) is 12.8 Å². The zero-order valence-electron chi connectivity index (χ0n) is 9.37. The molecule has 2 nitrogen and oxygen atoms in total. The Morgan fingerprint density at radius 2 is 1.73 bits per heavy atom. The van der Waals surface area contributed by atoms with Crippen LogP contribution in [-0.4, -0.2) is 12.5 Å². The summed E-state index contributed by atoms with van der Waals surface area (Å²) in [6.07, 6.45) is 9.17. The maximum Gasteiger partial charge on any atom is 0.223 e. The summed E-state index contributed by atoms with van der Waals surface area (Å²) in [5.41, 5.74) is 0. The van der Waals surface area contributed by atoms with E-state index in [1.165, 1.54) is 44.9 Å². The van der Waals surface area contributed by atoms with Crippen LogP contribution in [0.4, 0.5) is 0 Å². The molecule has 0 aromatic rings. The van der Waals surface area contributed by atoms with Gasteiger partial charge < -0.3 is 5.32 Å². The molecule has 84 valence electrons. The highest BCUT2D eigenvalue weighted by Crippen LogP contribution is 2.54. The van der Waals surface area contributed by atoms with E-state index in [-0.39, 0.29) is 0 Å². The summed E-state index contributed by atoms with van der Waals surface area (Å²) in [4.78, 5) is 11.9. The first-order valence-electron chi connectivity index (χ1n) is 6.60. The van der Waals surface area contributed by atoms with E-state index >= 15 is 0 Å². The molecular weight excluding hydrogens is 186 g/mol. The molecule has 3 aliphatic carbocycles. The van der Waals surface area contributed by atoms with Crippen molar-refractivity contribution in [1.29, 1.82) is 0 Å². The van der Waals surface area contributed by atoms with Gasteiger partial charge in [0, 0.05) is 12.5 Å². The van der Waals surface area contributed by atoms with Crippen LogP contribution in [0, 0.1) is 23.7 Å². The van der Waals surface area contributed by atoms with Crippen molar-refractivity contribution < 1.29 is 4.79 Å². The van der Waals surface area contributed by atoms with Crippen LogP contribution < -0.4 is 5.32 Å². The van der Waals surface area contributed by atoms with E-state index in [4.69, 9.17) is 0 Å². The van der Waals surface area contributed by atoms with E-state index in [1.807, 2.05) is 0 Å². The zero-order chi connectivity index (χ0) is 10.3. The zero-order valence-corrected chi connectivity index (χ0v) is 9.37. The molecule has 2 unspecified atom stereocenters. The predicted molar refractivity (Wildman–Crippen MR) is 59.3 cm³/mol. The van der Waals surface area contributed by atoms with Gasteiger partial charge in [0.25, 0.3) is 0 Å². The number of hydrogen-bond donors (Lipinski definition) is 1. The minimum Gasteiger partial charge on any atom is -0.356 e. The van der Waals surface area contributed by atoms with E-state index in [9.17, 15) is 4.79 Å². The lowest BCUT2D eigenvalue weighted by Gasteiger charge is -2.15. The molecule has 0 heterocycles. The highest BCUT2D eigenvalue weighted by molar-refractivity contribution is 5.79. The smallest absolute Gasteiger partial charge is 0.223 e. The maximum atomic E-state index is 11.9. The first-order chi connectivity index (χ1) is 7.33. The molecule has 0 aromatic carbocycles. The Balaban J connectivity index is 1.41. The highest BCUT2D eigenvalue weighted by atomic mass is 16.1. The average molecular weight is 207 g/mol. The van der Waals surface area contributed by atoms with Gasteiger partial charge in [-0.15, -0.1) is 0 Å². The van der Waals surface area contributed by atoms with Crippen LogP contribution in [-0.2, 0) is 4.79 Å². The Hall–Kier alpha value is -0.530. The molecule has 0 aromatic heterocycles. The second-order valence-electron chi connectivity index (χ2n) is 5.82. The lowest BCUT2D eigenvalue weighted by Crippen LogP contribution is -2.33. The normalized spacial score (nSPS) is 39.1. The number of rotatable bonds is 3. The van der Waals surface area contributed by atoms with Crippen LogP contribution in [0.15, 0.2) is 0 Å². The molecule has 3 saturated carbocycles. The third-order valence-corrected chi connectivity index (χ3v) is 4.65. The summed E-state index contributed by atoms with van der Waals surface area (Å²) in [5.74, 6) is 3.36. The first kappa shape index (κ1) is 9.68.